The van der Waals surface area contributed by atoms with Gasteiger partial charge in [0.05, 0.1) is 0 Å². The lowest BCUT2D eigenvalue weighted by Crippen LogP contribution is -2.45. The van der Waals surface area contributed by atoms with Crippen LogP contribution in [0, 0.1) is 5.92 Å². The fourth-order valence-corrected chi connectivity index (χ4v) is 2.07. The van der Waals surface area contributed by atoms with Gasteiger partial charge in [-0.25, -0.2) is 0 Å². The summed E-state index contributed by atoms with van der Waals surface area (Å²) in [5.41, 5.74) is 2.74. The summed E-state index contributed by atoms with van der Waals surface area (Å²) in [4.78, 5) is 2.44. The maximum absolute atomic E-state index is 3.27. The molecule has 1 atom stereocenters. The van der Waals surface area contributed by atoms with E-state index < -0.39 is 0 Å². The molecule has 15 heavy (non-hydrogen) atoms. The zero-order valence-electron chi connectivity index (χ0n) is 9.83. The molecule has 1 aromatic rings. The Labute approximate surface area is 92.3 Å². The summed E-state index contributed by atoms with van der Waals surface area (Å²) in [6, 6.07) is 9.28. The molecule has 0 aliphatic carbocycles. The van der Waals surface area contributed by atoms with E-state index in [0.717, 1.165) is 5.92 Å². The van der Waals surface area contributed by atoms with E-state index >= 15 is 0 Å². The van der Waals surface area contributed by atoms with Crippen LogP contribution in [0.1, 0.15) is 25.5 Å². The van der Waals surface area contributed by atoms with Crippen molar-refractivity contribution in [2.45, 2.75) is 19.9 Å². The van der Waals surface area contributed by atoms with Crippen LogP contribution in [0.3, 0.4) is 0 Å². The highest BCUT2D eigenvalue weighted by Gasteiger charge is 2.22. The van der Waals surface area contributed by atoms with Crippen LogP contribution in [0.2, 0.25) is 0 Å². The molecule has 0 spiro atoms. The average Bonchev–Trinajstić information content (AvgIpc) is 2.24. The number of benzene rings is 1. The summed E-state index contributed by atoms with van der Waals surface area (Å²) in [5, 5.41) is 3.27. The Bertz CT molecular complexity index is 329. The first kappa shape index (κ1) is 10.5. The predicted octanol–water partition coefficient (Wildman–Crippen LogP) is 2.42. The maximum Gasteiger partial charge on any atom is 0.0369 e. The summed E-state index contributed by atoms with van der Waals surface area (Å²) >= 11 is 0. The van der Waals surface area contributed by atoms with Gasteiger partial charge in [0.1, 0.15) is 0 Å². The maximum atomic E-state index is 3.27. The van der Waals surface area contributed by atoms with Crippen molar-refractivity contribution in [1.82, 2.24) is 5.32 Å². The van der Waals surface area contributed by atoms with Gasteiger partial charge in [0.2, 0.25) is 0 Å². The Morgan fingerprint density at radius 3 is 2.73 bits per heavy atom. The van der Waals surface area contributed by atoms with Gasteiger partial charge in [-0.15, -0.1) is 0 Å². The Balaban J connectivity index is 2.12. The van der Waals surface area contributed by atoms with Crippen LogP contribution < -0.4 is 10.2 Å². The standard InChI is InChI=1S/C13H20N2/c1-10-8-15(9-10)13-6-4-5-12(7-13)11(2)14-3/h4-7,10-11,14H,8-9H2,1-3H3. The lowest BCUT2D eigenvalue weighted by molar-refractivity contribution is 0.447. The lowest BCUT2D eigenvalue weighted by atomic mass is 10.0. The Kier molecular flexibility index (Phi) is 2.96. The third-order valence-electron chi connectivity index (χ3n) is 3.23. The van der Waals surface area contributed by atoms with Gasteiger partial charge in [-0.3, -0.25) is 0 Å². The van der Waals surface area contributed by atoms with Gasteiger partial charge in [-0.2, -0.15) is 0 Å². The third kappa shape index (κ3) is 2.15. The molecule has 1 heterocycles. The second-order valence-electron chi connectivity index (χ2n) is 4.62. The molecule has 1 fully saturated rings. The first-order valence-electron chi connectivity index (χ1n) is 5.73. The first-order valence-corrected chi connectivity index (χ1v) is 5.73. The van der Waals surface area contributed by atoms with Gasteiger partial charge >= 0.3 is 0 Å². The monoisotopic (exact) mass is 204 g/mol. The Hall–Kier alpha value is -1.02. The predicted molar refractivity (Wildman–Crippen MR) is 65.3 cm³/mol. The van der Waals surface area contributed by atoms with Crippen molar-refractivity contribution < 1.29 is 0 Å². The minimum absolute atomic E-state index is 0.434. The van der Waals surface area contributed by atoms with E-state index in [0.29, 0.717) is 6.04 Å². The molecule has 1 aromatic carbocycles. The highest BCUT2D eigenvalue weighted by atomic mass is 15.2. The van der Waals surface area contributed by atoms with Crippen molar-refractivity contribution in [2.24, 2.45) is 5.92 Å². The number of nitrogens with one attached hydrogen (secondary N) is 1. The Morgan fingerprint density at radius 2 is 2.13 bits per heavy atom. The van der Waals surface area contributed by atoms with Crippen LogP contribution in [0.4, 0.5) is 5.69 Å². The fourth-order valence-electron chi connectivity index (χ4n) is 2.07. The fraction of sp³-hybridized carbons (Fsp3) is 0.538. The van der Waals surface area contributed by atoms with E-state index in [1.807, 2.05) is 7.05 Å². The van der Waals surface area contributed by atoms with Crippen LogP contribution in [-0.4, -0.2) is 20.1 Å². The zero-order valence-corrected chi connectivity index (χ0v) is 9.83. The summed E-state index contributed by atoms with van der Waals surface area (Å²) in [7, 11) is 2.00. The molecular formula is C13H20N2. The van der Waals surface area contributed by atoms with Crippen molar-refractivity contribution in [3.8, 4) is 0 Å². The lowest BCUT2D eigenvalue weighted by Gasteiger charge is -2.39. The van der Waals surface area contributed by atoms with E-state index in [1.54, 1.807) is 0 Å². The molecule has 1 saturated heterocycles. The molecule has 1 aliphatic heterocycles. The van der Waals surface area contributed by atoms with Crippen molar-refractivity contribution in [1.29, 1.82) is 0 Å². The molecule has 1 unspecified atom stereocenters. The summed E-state index contributed by atoms with van der Waals surface area (Å²) in [6.07, 6.45) is 0. The Morgan fingerprint density at radius 1 is 1.40 bits per heavy atom. The molecule has 0 bridgehead atoms. The van der Waals surface area contributed by atoms with Crippen molar-refractivity contribution >= 4 is 5.69 Å². The van der Waals surface area contributed by atoms with Crippen LogP contribution in [0.5, 0.6) is 0 Å². The minimum atomic E-state index is 0.434. The quantitative estimate of drug-likeness (QED) is 0.813. The number of rotatable bonds is 3. The molecule has 0 radical (unpaired) electrons. The van der Waals surface area contributed by atoms with Crippen LogP contribution >= 0.6 is 0 Å². The van der Waals surface area contributed by atoms with E-state index in [1.165, 1.54) is 24.3 Å². The molecule has 0 saturated carbocycles. The van der Waals surface area contributed by atoms with Crippen LogP contribution in [0.15, 0.2) is 24.3 Å². The van der Waals surface area contributed by atoms with E-state index in [2.05, 4.69) is 48.3 Å². The normalized spacial score (nSPS) is 18.7. The van der Waals surface area contributed by atoms with Gasteiger partial charge in [-0.1, -0.05) is 19.1 Å². The second-order valence-corrected chi connectivity index (χ2v) is 4.62. The zero-order chi connectivity index (χ0) is 10.8. The number of anilines is 1. The van der Waals surface area contributed by atoms with Gasteiger partial charge in [0.25, 0.3) is 0 Å². The third-order valence-corrected chi connectivity index (χ3v) is 3.23. The van der Waals surface area contributed by atoms with Gasteiger partial charge in [0.15, 0.2) is 0 Å². The smallest absolute Gasteiger partial charge is 0.0369 e. The molecule has 2 nitrogen and oxygen atoms in total. The highest BCUT2D eigenvalue weighted by Crippen LogP contribution is 2.26. The molecule has 0 aromatic heterocycles. The number of hydrogen-bond donors (Lipinski definition) is 1. The van der Waals surface area contributed by atoms with Gasteiger partial charge in [0, 0.05) is 24.8 Å². The largest absolute Gasteiger partial charge is 0.371 e. The molecule has 1 N–H and O–H groups in total. The van der Waals surface area contributed by atoms with Gasteiger partial charge in [-0.05, 0) is 37.6 Å². The average molecular weight is 204 g/mol. The summed E-state index contributed by atoms with van der Waals surface area (Å²) in [6.45, 7) is 6.91. The minimum Gasteiger partial charge on any atom is -0.371 e. The number of hydrogen-bond acceptors (Lipinski definition) is 2. The second kappa shape index (κ2) is 4.23. The van der Waals surface area contributed by atoms with Crippen molar-refractivity contribution in [3.05, 3.63) is 29.8 Å². The van der Waals surface area contributed by atoms with Crippen molar-refractivity contribution in [2.75, 3.05) is 25.0 Å². The molecule has 1 aliphatic rings. The molecule has 2 rings (SSSR count). The van der Waals surface area contributed by atoms with Crippen LogP contribution in [0.25, 0.3) is 0 Å². The topological polar surface area (TPSA) is 15.3 Å². The molecular weight excluding hydrogens is 184 g/mol. The highest BCUT2D eigenvalue weighted by molar-refractivity contribution is 5.51. The SMILES string of the molecule is CNC(C)c1cccc(N2CC(C)C2)c1. The van der Waals surface area contributed by atoms with E-state index in [-0.39, 0.29) is 0 Å². The van der Waals surface area contributed by atoms with E-state index in [9.17, 15) is 0 Å². The summed E-state index contributed by atoms with van der Waals surface area (Å²) in [5.74, 6) is 0.857. The van der Waals surface area contributed by atoms with Crippen LogP contribution in [-0.2, 0) is 0 Å². The summed E-state index contributed by atoms with van der Waals surface area (Å²) < 4.78 is 0. The number of nitrogens with zero attached hydrogens (tertiary/aromatic N) is 1. The molecule has 82 valence electrons. The molecule has 0 amide bonds. The van der Waals surface area contributed by atoms with Crippen molar-refractivity contribution in [3.63, 3.8) is 0 Å². The molecule has 2 heteroatoms. The van der Waals surface area contributed by atoms with E-state index in [4.69, 9.17) is 0 Å². The van der Waals surface area contributed by atoms with Gasteiger partial charge < -0.3 is 10.2 Å². The first-order chi connectivity index (χ1) is 7.20.